The summed E-state index contributed by atoms with van der Waals surface area (Å²) in [6.45, 7) is -0.820. The van der Waals surface area contributed by atoms with Crippen molar-refractivity contribution in [3.05, 3.63) is 82.0 Å². The van der Waals surface area contributed by atoms with Crippen LogP contribution >= 0.6 is 0 Å². The first-order valence-electron chi connectivity index (χ1n) is 9.67. The van der Waals surface area contributed by atoms with Crippen molar-refractivity contribution < 1.29 is 28.5 Å². The number of anilines is 1. The van der Waals surface area contributed by atoms with Gasteiger partial charge in [-0.1, -0.05) is 18.2 Å². The number of carbonyl (C=O) groups is 1. The molecule has 2 aromatic carbocycles. The van der Waals surface area contributed by atoms with Crippen molar-refractivity contribution in [2.24, 2.45) is 0 Å². The standard InChI is InChI=1S/C23H23FN2O6/c1-30-17-7-8-19(21(10-17)31-2)25-23(29)12-26-11-22(20(28)9-16(26)13-27)32-14-15-5-3-4-6-18(15)24/h3-11,27H,12-14H2,1-2H3,(H,25,29). The number of rotatable bonds is 9. The fourth-order valence-electron chi connectivity index (χ4n) is 3.00. The van der Waals surface area contributed by atoms with Gasteiger partial charge in [0.05, 0.1) is 32.7 Å². The van der Waals surface area contributed by atoms with Crippen molar-refractivity contribution in [3.8, 4) is 17.2 Å². The quantitative estimate of drug-likeness (QED) is 0.529. The molecule has 9 heteroatoms. The first-order chi connectivity index (χ1) is 15.4. The Bertz CT molecular complexity index is 1160. The third-order valence-corrected chi connectivity index (χ3v) is 4.68. The van der Waals surface area contributed by atoms with Gasteiger partial charge < -0.3 is 29.2 Å². The van der Waals surface area contributed by atoms with Gasteiger partial charge in [-0.05, 0) is 18.2 Å². The third kappa shape index (κ3) is 5.44. The normalized spacial score (nSPS) is 10.5. The Hall–Kier alpha value is -3.85. The number of hydrogen-bond donors (Lipinski definition) is 2. The lowest BCUT2D eigenvalue weighted by molar-refractivity contribution is -0.116. The van der Waals surface area contributed by atoms with Crippen LogP contribution in [0.15, 0.2) is 59.5 Å². The van der Waals surface area contributed by atoms with E-state index in [-0.39, 0.29) is 30.2 Å². The first kappa shape index (κ1) is 22.8. The summed E-state index contributed by atoms with van der Waals surface area (Å²) in [5.74, 6) is 0.0353. The van der Waals surface area contributed by atoms with E-state index < -0.39 is 23.8 Å². The zero-order valence-corrected chi connectivity index (χ0v) is 17.6. The Morgan fingerprint density at radius 3 is 2.56 bits per heavy atom. The van der Waals surface area contributed by atoms with Crippen LogP contribution in [0.4, 0.5) is 10.1 Å². The van der Waals surface area contributed by atoms with E-state index in [4.69, 9.17) is 14.2 Å². The Morgan fingerprint density at radius 1 is 1.09 bits per heavy atom. The molecule has 3 rings (SSSR count). The summed E-state index contributed by atoms with van der Waals surface area (Å²) < 4.78 is 31.1. The molecule has 168 valence electrons. The van der Waals surface area contributed by atoms with E-state index in [0.717, 1.165) is 0 Å². The highest BCUT2D eigenvalue weighted by Gasteiger charge is 2.14. The molecule has 0 saturated carbocycles. The molecule has 1 heterocycles. The molecule has 0 aliphatic heterocycles. The van der Waals surface area contributed by atoms with Crippen LogP contribution in [0.2, 0.25) is 0 Å². The lowest BCUT2D eigenvalue weighted by atomic mass is 10.2. The molecule has 0 saturated heterocycles. The number of aliphatic hydroxyl groups is 1. The van der Waals surface area contributed by atoms with Crippen molar-refractivity contribution in [2.75, 3.05) is 19.5 Å². The number of amides is 1. The molecule has 0 radical (unpaired) electrons. The molecule has 32 heavy (non-hydrogen) atoms. The van der Waals surface area contributed by atoms with Gasteiger partial charge in [0, 0.05) is 23.4 Å². The van der Waals surface area contributed by atoms with E-state index in [9.17, 15) is 19.1 Å². The number of nitrogens with one attached hydrogen (secondary N) is 1. The number of carbonyl (C=O) groups excluding carboxylic acids is 1. The van der Waals surface area contributed by atoms with Gasteiger partial charge in [0.1, 0.15) is 30.5 Å². The van der Waals surface area contributed by atoms with Crippen molar-refractivity contribution in [1.82, 2.24) is 4.57 Å². The molecule has 8 nitrogen and oxygen atoms in total. The van der Waals surface area contributed by atoms with E-state index in [2.05, 4.69) is 5.32 Å². The highest BCUT2D eigenvalue weighted by atomic mass is 19.1. The van der Waals surface area contributed by atoms with Crippen LogP contribution in [0.25, 0.3) is 0 Å². The van der Waals surface area contributed by atoms with Crippen LogP contribution in [0.1, 0.15) is 11.3 Å². The number of benzene rings is 2. The summed E-state index contributed by atoms with van der Waals surface area (Å²) in [6.07, 6.45) is 1.32. The Balaban J connectivity index is 1.78. The van der Waals surface area contributed by atoms with Crippen LogP contribution in [0.3, 0.4) is 0 Å². The number of methoxy groups -OCH3 is 2. The summed E-state index contributed by atoms with van der Waals surface area (Å²) in [5.41, 5.74) is 0.457. The SMILES string of the molecule is COc1ccc(NC(=O)Cn2cc(OCc3ccccc3F)c(=O)cc2CO)c(OC)c1. The predicted molar refractivity (Wildman–Crippen MR) is 116 cm³/mol. The van der Waals surface area contributed by atoms with Crippen molar-refractivity contribution in [3.63, 3.8) is 0 Å². The van der Waals surface area contributed by atoms with E-state index >= 15 is 0 Å². The minimum atomic E-state index is -0.487. The molecule has 1 amide bonds. The van der Waals surface area contributed by atoms with Gasteiger partial charge >= 0.3 is 0 Å². The van der Waals surface area contributed by atoms with E-state index in [0.29, 0.717) is 17.2 Å². The predicted octanol–water partition coefficient (Wildman–Crippen LogP) is 2.71. The van der Waals surface area contributed by atoms with Crippen LogP contribution in [0, 0.1) is 5.82 Å². The van der Waals surface area contributed by atoms with Gasteiger partial charge in [0.25, 0.3) is 0 Å². The van der Waals surface area contributed by atoms with Gasteiger partial charge in [-0.2, -0.15) is 0 Å². The van der Waals surface area contributed by atoms with Crippen molar-refractivity contribution in [2.45, 2.75) is 19.8 Å². The van der Waals surface area contributed by atoms with Crippen LogP contribution in [0.5, 0.6) is 17.2 Å². The topological polar surface area (TPSA) is 99.0 Å². The highest BCUT2D eigenvalue weighted by molar-refractivity contribution is 5.92. The number of pyridine rings is 1. The van der Waals surface area contributed by atoms with Gasteiger partial charge in [-0.3, -0.25) is 9.59 Å². The molecule has 3 aromatic rings. The minimum Gasteiger partial charge on any atom is -0.497 e. The molecule has 0 atom stereocenters. The summed E-state index contributed by atoms with van der Waals surface area (Å²) >= 11 is 0. The first-order valence-corrected chi connectivity index (χ1v) is 9.67. The van der Waals surface area contributed by atoms with E-state index in [1.165, 1.54) is 37.1 Å². The smallest absolute Gasteiger partial charge is 0.244 e. The fraction of sp³-hybridized carbons (Fsp3) is 0.217. The molecule has 2 N–H and O–H groups in total. The molecular formula is C23H23FN2O6. The number of ether oxygens (including phenoxy) is 3. The molecule has 0 spiro atoms. The van der Waals surface area contributed by atoms with Crippen molar-refractivity contribution >= 4 is 11.6 Å². The maximum atomic E-state index is 13.8. The maximum Gasteiger partial charge on any atom is 0.244 e. The monoisotopic (exact) mass is 442 g/mol. The second-order valence-corrected chi connectivity index (χ2v) is 6.77. The Kier molecular flexibility index (Phi) is 7.45. The fourth-order valence-corrected chi connectivity index (χ4v) is 3.00. The van der Waals surface area contributed by atoms with Crippen LogP contribution < -0.4 is 25.0 Å². The lowest BCUT2D eigenvalue weighted by Gasteiger charge is -2.16. The number of hydrogen-bond acceptors (Lipinski definition) is 6. The van der Waals surface area contributed by atoms with Crippen LogP contribution in [-0.4, -0.2) is 29.8 Å². The number of aromatic nitrogens is 1. The second kappa shape index (κ2) is 10.5. The molecule has 0 unspecified atom stereocenters. The summed E-state index contributed by atoms with van der Waals surface area (Å²) in [5, 5.41) is 12.3. The minimum absolute atomic E-state index is 0.0692. The number of aliphatic hydroxyl groups excluding tert-OH is 1. The zero-order chi connectivity index (χ0) is 23.1. The zero-order valence-electron chi connectivity index (χ0n) is 17.6. The number of halogens is 1. The molecule has 0 aliphatic rings. The van der Waals surface area contributed by atoms with Gasteiger partial charge in [-0.25, -0.2) is 4.39 Å². The van der Waals surface area contributed by atoms with Gasteiger partial charge in [-0.15, -0.1) is 0 Å². The molecule has 1 aromatic heterocycles. The molecular weight excluding hydrogens is 419 g/mol. The molecule has 0 aliphatic carbocycles. The largest absolute Gasteiger partial charge is 0.497 e. The van der Waals surface area contributed by atoms with Crippen molar-refractivity contribution in [1.29, 1.82) is 0 Å². The Labute approximate surface area is 183 Å². The van der Waals surface area contributed by atoms with E-state index in [1.54, 1.807) is 36.4 Å². The summed E-state index contributed by atoms with van der Waals surface area (Å²) in [4.78, 5) is 24.9. The lowest BCUT2D eigenvalue weighted by Crippen LogP contribution is -2.23. The second-order valence-electron chi connectivity index (χ2n) is 6.77. The van der Waals surface area contributed by atoms with E-state index in [1.807, 2.05) is 0 Å². The highest BCUT2D eigenvalue weighted by Crippen LogP contribution is 2.29. The third-order valence-electron chi connectivity index (χ3n) is 4.68. The number of nitrogens with zero attached hydrogens (tertiary/aromatic N) is 1. The average molecular weight is 442 g/mol. The maximum absolute atomic E-state index is 13.8. The molecule has 0 fully saturated rings. The van der Waals surface area contributed by atoms with Gasteiger partial charge in [0.15, 0.2) is 5.75 Å². The molecule has 0 bridgehead atoms. The van der Waals surface area contributed by atoms with Crippen LogP contribution in [-0.2, 0) is 24.6 Å². The Morgan fingerprint density at radius 2 is 1.88 bits per heavy atom. The summed E-state index contributed by atoms with van der Waals surface area (Å²) in [6, 6.07) is 12.2. The van der Waals surface area contributed by atoms with Gasteiger partial charge in [0.2, 0.25) is 11.3 Å². The average Bonchev–Trinajstić information content (AvgIpc) is 2.80. The summed E-state index contributed by atoms with van der Waals surface area (Å²) in [7, 11) is 2.99.